The number of carbonyl (C=O) groups is 2. The van der Waals surface area contributed by atoms with Gasteiger partial charge >= 0.3 is 0 Å². The maximum absolute atomic E-state index is 13.4. The first-order valence-electron chi connectivity index (χ1n) is 12.1. The molecule has 0 spiro atoms. The monoisotopic (exact) mass is 489 g/mol. The zero-order valence-electron chi connectivity index (χ0n) is 20.6. The van der Waals surface area contributed by atoms with Crippen LogP contribution < -0.4 is 10.6 Å². The van der Waals surface area contributed by atoms with Crippen molar-refractivity contribution in [2.45, 2.75) is 94.8 Å². The van der Waals surface area contributed by atoms with E-state index in [1.54, 1.807) is 13.3 Å². The van der Waals surface area contributed by atoms with Crippen LogP contribution in [0.4, 0.5) is 0 Å². The normalized spacial score (nSPS) is 33.8. The number of unbranched alkanes of at least 4 members (excludes halogenated alkanes) is 2. The van der Waals surface area contributed by atoms with E-state index in [4.69, 9.17) is 4.74 Å². The minimum absolute atomic E-state index is 0.0901. The molecule has 0 aromatic rings. The van der Waals surface area contributed by atoms with Gasteiger partial charge in [0.05, 0.1) is 18.6 Å². The minimum atomic E-state index is -1.36. The Kier molecular flexibility index (Phi) is 11.4. The Morgan fingerprint density at radius 2 is 1.85 bits per heavy atom. The summed E-state index contributed by atoms with van der Waals surface area (Å²) >= 11 is 1.25. The van der Waals surface area contributed by atoms with E-state index in [-0.39, 0.29) is 24.3 Å². The van der Waals surface area contributed by atoms with Crippen molar-refractivity contribution in [2.75, 3.05) is 26.4 Å². The lowest BCUT2D eigenvalue weighted by atomic mass is 9.88. The van der Waals surface area contributed by atoms with Gasteiger partial charge in [-0.25, -0.2) is 0 Å². The van der Waals surface area contributed by atoms with Crippen molar-refractivity contribution in [3.05, 3.63) is 0 Å². The molecule has 0 radical (unpaired) electrons. The standard InChI is InChI=1S/C23H43N3O6S/c1-6-7-8-9-14-10-15(26(11-14)12-16(27)24-4)22(31)25-17(13(2)3)21-19(29)18(28)20(30)23(32-21)33-5/h13-15,17-21,23,28-30H,6-12H2,1-5H3,(H,24,27)(H,25,31). The van der Waals surface area contributed by atoms with Gasteiger partial charge in [-0.15, -0.1) is 11.8 Å². The lowest BCUT2D eigenvalue weighted by Crippen LogP contribution is -2.64. The average molecular weight is 490 g/mol. The number of thioether (sulfide) groups is 1. The third-order valence-electron chi connectivity index (χ3n) is 6.85. The first-order chi connectivity index (χ1) is 15.6. The lowest BCUT2D eigenvalue weighted by molar-refractivity contribution is -0.208. The van der Waals surface area contributed by atoms with Crippen molar-refractivity contribution in [2.24, 2.45) is 11.8 Å². The van der Waals surface area contributed by atoms with Crippen LogP contribution in [0.5, 0.6) is 0 Å². The van der Waals surface area contributed by atoms with Crippen LogP contribution in [-0.4, -0.2) is 100 Å². The minimum Gasteiger partial charge on any atom is -0.388 e. The Labute approximate surface area is 202 Å². The number of likely N-dealkylation sites (tertiary alicyclic amines) is 1. The fourth-order valence-corrected chi connectivity index (χ4v) is 5.53. The first-order valence-corrected chi connectivity index (χ1v) is 13.4. The highest BCUT2D eigenvalue weighted by Crippen LogP contribution is 2.32. The highest BCUT2D eigenvalue weighted by Gasteiger charge is 2.48. The predicted molar refractivity (Wildman–Crippen MR) is 129 cm³/mol. The largest absolute Gasteiger partial charge is 0.388 e. The van der Waals surface area contributed by atoms with Gasteiger partial charge in [0.15, 0.2) is 0 Å². The summed E-state index contributed by atoms with van der Waals surface area (Å²) in [6, 6.07) is -1.01. The molecule has 0 aliphatic carbocycles. The van der Waals surface area contributed by atoms with Crippen molar-refractivity contribution < 1.29 is 29.6 Å². The van der Waals surface area contributed by atoms with Crippen molar-refractivity contribution in [3.8, 4) is 0 Å². The molecule has 0 aromatic carbocycles. The van der Waals surface area contributed by atoms with Gasteiger partial charge in [0.2, 0.25) is 11.8 Å². The predicted octanol–water partition coefficient (Wildman–Crippen LogP) is 0.315. The molecular weight excluding hydrogens is 446 g/mol. The van der Waals surface area contributed by atoms with Crippen LogP contribution in [0.3, 0.4) is 0 Å². The highest BCUT2D eigenvalue weighted by molar-refractivity contribution is 7.99. The van der Waals surface area contributed by atoms with Crippen LogP contribution >= 0.6 is 11.8 Å². The molecule has 192 valence electrons. The topological polar surface area (TPSA) is 131 Å². The summed E-state index contributed by atoms with van der Waals surface area (Å²) in [5.41, 5.74) is -0.703. The molecule has 2 fully saturated rings. The van der Waals surface area contributed by atoms with E-state index < -0.39 is 41.9 Å². The summed E-state index contributed by atoms with van der Waals surface area (Å²) in [5, 5.41) is 36.8. The number of hydrogen-bond donors (Lipinski definition) is 5. The Hall–Kier alpha value is -0.910. The van der Waals surface area contributed by atoms with Crippen molar-refractivity contribution >= 4 is 23.6 Å². The Bertz CT molecular complexity index is 637. The third-order valence-corrected chi connectivity index (χ3v) is 7.71. The van der Waals surface area contributed by atoms with Crippen LogP contribution in [0.25, 0.3) is 0 Å². The molecule has 9 nitrogen and oxygen atoms in total. The Morgan fingerprint density at radius 1 is 1.15 bits per heavy atom. The zero-order valence-corrected chi connectivity index (χ0v) is 21.4. The van der Waals surface area contributed by atoms with Crippen molar-refractivity contribution in [1.29, 1.82) is 0 Å². The number of likely N-dealkylation sites (N-methyl/N-ethyl adjacent to an activating group) is 1. The number of amides is 2. The number of rotatable bonds is 11. The number of aliphatic hydroxyl groups is 3. The van der Waals surface area contributed by atoms with Crippen LogP contribution in [0.15, 0.2) is 0 Å². The maximum atomic E-state index is 13.4. The summed E-state index contributed by atoms with van der Waals surface area (Å²) in [7, 11) is 1.59. The molecule has 10 heteroatoms. The number of nitrogens with one attached hydrogen (secondary N) is 2. The highest BCUT2D eigenvalue weighted by atomic mass is 32.2. The van der Waals surface area contributed by atoms with Gasteiger partial charge in [-0.2, -0.15) is 0 Å². The molecule has 2 amide bonds. The fourth-order valence-electron chi connectivity index (χ4n) is 4.86. The summed E-state index contributed by atoms with van der Waals surface area (Å²) in [6.45, 7) is 6.85. The molecule has 2 aliphatic heterocycles. The number of nitrogens with zero attached hydrogens (tertiary/aromatic N) is 1. The van der Waals surface area contributed by atoms with E-state index in [1.165, 1.54) is 11.8 Å². The van der Waals surface area contributed by atoms with Gasteiger partial charge in [0.25, 0.3) is 0 Å². The SMILES string of the molecule is CCCCCC1CC(C(=O)NC(C(C)C)C2OC(SC)C(O)C(O)C2O)N(CC(=O)NC)C1. The molecular formula is C23H43N3O6S. The molecule has 0 saturated carbocycles. The zero-order chi connectivity index (χ0) is 24.7. The van der Waals surface area contributed by atoms with Crippen molar-refractivity contribution in [1.82, 2.24) is 15.5 Å². The van der Waals surface area contributed by atoms with Gasteiger partial charge in [-0.3, -0.25) is 14.5 Å². The first kappa shape index (κ1) is 28.3. The summed E-state index contributed by atoms with van der Waals surface area (Å²) in [5.74, 6) is -0.0717. The lowest BCUT2D eigenvalue weighted by Gasteiger charge is -2.44. The maximum Gasteiger partial charge on any atom is 0.237 e. The molecule has 0 aromatic heterocycles. The van der Waals surface area contributed by atoms with E-state index in [2.05, 4.69) is 17.6 Å². The molecule has 2 heterocycles. The quantitative estimate of drug-likeness (QED) is 0.262. The second-order valence-electron chi connectivity index (χ2n) is 9.67. The number of aliphatic hydroxyl groups excluding tert-OH is 3. The smallest absolute Gasteiger partial charge is 0.237 e. The average Bonchev–Trinajstić information content (AvgIpc) is 3.18. The molecule has 2 saturated heterocycles. The fraction of sp³-hybridized carbons (Fsp3) is 0.913. The molecule has 33 heavy (non-hydrogen) atoms. The van der Waals surface area contributed by atoms with Gasteiger partial charge < -0.3 is 30.7 Å². The number of hydrogen-bond acceptors (Lipinski definition) is 8. The molecule has 8 unspecified atom stereocenters. The molecule has 2 rings (SSSR count). The van der Waals surface area contributed by atoms with Gasteiger partial charge in [-0.05, 0) is 30.9 Å². The van der Waals surface area contributed by atoms with E-state index in [1.807, 2.05) is 18.7 Å². The molecule has 0 bridgehead atoms. The van der Waals surface area contributed by atoms with Crippen molar-refractivity contribution in [3.63, 3.8) is 0 Å². The van der Waals surface area contributed by atoms with Crippen LogP contribution in [-0.2, 0) is 14.3 Å². The van der Waals surface area contributed by atoms with Gasteiger partial charge in [0.1, 0.15) is 29.9 Å². The van der Waals surface area contributed by atoms with Gasteiger partial charge in [-0.1, -0.05) is 40.0 Å². The molecule has 5 N–H and O–H groups in total. The molecule has 2 aliphatic rings. The number of carbonyl (C=O) groups excluding carboxylic acids is 2. The van der Waals surface area contributed by atoms with Crippen LogP contribution in [0.2, 0.25) is 0 Å². The summed E-state index contributed by atoms with van der Waals surface area (Å²) < 4.78 is 5.92. The van der Waals surface area contributed by atoms with Gasteiger partial charge in [0, 0.05) is 13.6 Å². The summed E-state index contributed by atoms with van der Waals surface area (Å²) in [6.07, 6.45) is 2.09. The molecule has 8 atom stereocenters. The second kappa shape index (κ2) is 13.3. The second-order valence-corrected chi connectivity index (χ2v) is 10.6. The Balaban J connectivity index is 2.15. The third kappa shape index (κ3) is 7.29. The van der Waals surface area contributed by atoms with E-state index >= 15 is 0 Å². The number of ether oxygens (including phenoxy) is 1. The Morgan fingerprint density at radius 3 is 2.42 bits per heavy atom. The van der Waals surface area contributed by atoms with E-state index in [0.717, 1.165) is 25.7 Å². The summed E-state index contributed by atoms with van der Waals surface area (Å²) in [4.78, 5) is 27.4. The van der Waals surface area contributed by atoms with E-state index in [0.29, 0.717) is 18.9 Å². The van der Waals surface area contributed by atoms with E-state index in [9.17, 15) is 24.9 Å². The van der Waals surface area contributed by atoms with Crippen LogP contribution in [0.1, 0.15) is 52.9 Å². The van der Waals surface area contributed by atoms with Crippen LogP contribution in [0, 0.1) is 11.8 Å².